The van der Waals surface area contributed by atoms with Crippen LogP contribution >= 0.6 is 0 Å². The molecular weight excluding hydrogens is 320 g/mol. The van der Waals surface area contributed by atoms with Crippen LogP contribution in [0.4, 0.5) is 0 Å². The fraction of sp³-hybridized carbons (Fsp3) is 0.588. The van der Waals surface area contributed by atoms with Crippen molar-refractivity contribution in [3.8, 4) is 0 Å². The fourth-order valence-electron chi connectivity index (χ4n) is 3.74. The van der Waals surface area contributed by atoms with Gasteiger partial charge >= 0.3 is 0 Å². The average molecular weight is 344 g/mol. The van der Waals surface area contributed by atoms with Crippen LogP contribution in [0, 0.1) is 0 Å². The Bertz CT molecular complexity index is 776. The highest BCUT2D eigenvalue weighted by Crippen LogP contribution is 2.17. The van der Waals surface area contributed by atoms with E-state index < -0.39 is 0 Å². The Balaban J connectivity index is 1.51. The lowest BCUT2D eigenvalue weighted by Gasteiger charge is -2.46. The van der Waals surface area contributed by atoms with E-state index in [4.69, 9.17) is 5.11 Å². The first-order valence-corrected chi connectivity index (χ1v) is 8.81. The van der Waals surface area contributed by atoms with Gasteiger partial charge in [-0.2, -0.15) is 5.10 Å². The zero-order chi connectivity index (χ0) is 17.4. The standard InChI is InChI=1S/C17H24N6O2/c1-20-3-4-21-5-6-22(12-14(21)11-20)17(25)15-8-16-18-9-13(2-7-24)10-23(16)19-15/h8-10,14,24H,2-7,11-12H2,1H3/t14-/m1/s1. The maximum atomic E-state index is 12.9. The summed E-state index contributed by atoms with van der Waals surface area (Å²) in [6.07, 6.45) is 4.07. The van der Waals surface area contributed by atoms with E-state index in [9.17, 15) is 4.79 Å². The molecule has 2 aliphatic rings. The first kappa shape index (κ1) is 16.4. The minimum atomic E-state index is -0.0258. The molecule has 134 valence electrons. The Kier molecular flexibility index (Phi) is 4.41. The SMILES string of the molecule is CN1CCN2CCN(C(=O)c3cc4ncc(CCO)cn4n3)C[C@H]2C1. The Morgan fingerprint density at radius 3 is 2.96 bits per heavy atom. The Morgan fingerprint density at radius 1 is 1.28 bits per heavy atom. The number of nitrogens with zero attached hydrogens (tertiary/aromatic N) is 6. The van der Waals surface area contributed by atoms with Crippen LogP contribution in [0.1, 0.15) is 16.1 Å². The molecule has 2 fully saturated rings. The van der Waals surface area contributed by atoms with Gasteiger partial charge in [-0.3, -0.25) is 9.69 Å². The summed E-state index contributed by atoms with van der Waals surface area (Å²) in [4.78, 5) is 23.9. The molecule has 2 aromatic rings. The van der Waals surface area contributed by atoms with Crippen LogP contribution in [0.25, 0.3) is 5.65 Å². The number of fused-ring (bicyclic) bond motifs is 2. The zero-order valence-electron chi connectivity index (χ0n) is 14.5. The summed E-state index contributed by atoms with van der Waals surface area (Å²) in [5.74, 6) is -0.0258. The van der Waals surface area contributed by atoms with Gasteiger partial charge in [-0.05, 0) is 19.0 Å². The lowest BCUT2D eigenvalue weighted by atomic mass is 10.1. The second-order valence-electron chi connectivity index (χ2n) is 6.97. The van der Waals surface area contributed by atoms with E-state index in [1.54, 1.807) is 16.8 Å². The van der Waals surface area contributed by atoms with Gasteiger partial charge < -0.3 is 14.9 Å². The molecule has 0 radical (unpaired) electrons. The number of rotatable bonds is 3. The summed E-state index contributed by atoms with van der Waals surface area (Å²) in [5, 5.41) is 13.5. The van der Waals surface area contributed by atoms with Gasteiger partial charge in [0.25, 0.3) is 5.91 Å². The third-order valence-corrected chi connectivity index (χ3v) is 5.17. The molecule has 8 nitrogen and oxygen atoms in total. The molecule has 25 heavy (non-hydrogen) atoms. The molecule has 0 aliphatic carbocycles. The van der Waals surface area contributed by atoms with Crippen LogP contribution in [0.15, 0.2) is 18.5 Å². The van der Waals surface area contributed by atoms with E-state index in [2.05, 4.69) is 26.9 Å². The van der Waals surface area contributed by atoms with E-state index >= 15 is 0 Å². The van der Waals surface area contributed by atoms with E-state index in [0.29, 0.717) is 23.8 Å². The van der Waals surface area contributed by atoms with E-state index in [0.717, 1.165) is 44.8 Å². The van der Waals surface area contributed by atoms with Crippen molar-refractivity contribution in [1.82, 2.24) is 29.3 Å². The first-order valence-electron chi connectivity index (χ1n) is 8.81. The van der Waals surface area contributed by atoms with E-state index in [1.165, 1.54) is 0 Å². The van der Waals surface area contributed by atoms with Gasteiger partial charge in [0.15, 0.2) is 11.3 Å². The second kappa shape index (κ2) is 6.70. The van der Waals surface area contributed by atoms with Gasteiger partial charge in [-0.25, -0.2) is 9.50 Å². The van der Waals surface area contributed by atoms with Gasteiger partial charge in [0.1, 0.15) is 0 Å². The normalized spacial score (nSPS) is 22.3. The molecule has 2 aromatic heterocycles. The van der Waals surface area contributed by atoms with Crippen LogP contribution < -0.4 is 0 Å². The lowest BCUT2D eigenvalue weighted by molar-refractivity contribution is 0.0187. The number of aromatic nitrogens is 3. The molecule has 2 saturated heterocycles. The number of hydrogen-bond acceptors (Lipinski definition) is 6. The van der Waals surface area contributed by atoms with Crippen LogP contribution in [0.2, 0.25) is 0 Å². The van der Waals surface area contributed by atoms with Crippen molar-refractivity contribution >= 4 is 11.6 Å². The molecule has 8 heteroatoms. The quantitative estimate of drug-likeness (QED) is 0.796. The molecule has 4 rings (SSSR count). The fourth-order valence-corrected chi connectivity index (χ4v) is 3.74. The Hall–Kier alpha value is -2.03. The highest BCUT2D eigenvalue weighted by Gasteiger charge is 2.33. The maximum Gasteiger partial charge on any atom is 0.274 e. The topological polar surface area (TPSA) is 77.2 Å². The van der Waals surface area contributed by atoms with E-state index in [-0.39, 0.29) is 12.5 Å². The summed E-state index contributed by atoms with van der Waals surface area (Å²) in [5.41, 5.74) is 1.99. The second-order valence-corrected chi connectivity index (χ2v) is 6.97. The monoisotopic (exact) mass is 344 g/mol. The number of carbonyl (C=O) groups excluding carboxylic acids is 1. The van der Waals surface area contributed by atoms with Gasteiger partial charge in [0, 0.05) is 70.4 Å². The first-order chi connectivity index (χ1) is 12.1. The smallest absolute Gasteiger partial charge is 0.274 e. The summed E-state index contributed by atoms with van der Waals surface area (Å²) in [6, 6.07) is 2.15. The molecule has 0 bridgehead atoms. The summed E-state index contributed by atoms with van der Waals surface area (Å²) in [7, 11) is 2.13. The molecular formula is C17H24N6O2. The van der Waals surface area contributed by atoms with Gasteiger partial charge in [0.05, 0.1) is 0 Å². The number of likely N-dealkylation sites (N-methyl/N-ethyl adjacent to an activating group) is 1. The van der Waals surface area contributed by atoms with Gasteiger partial charge in [-0.1, -0.05) is 0 Å². The molecule has 1 atom stereocenters. The van der Waals surface area contributed by atoms with Crippen molar-refractivity contribution in [2.24, 2.45) is 0 Å². The highest BCUT2D eigenvalue weighted by molar-refractivity contribution is 5.93. The number of piperazine rings is 2. The third kappa shape index (κ3) is 3.24. The molecule has 0 spiro atoms. The van der Waals surface area contributed by atoms with Crippen molar-refractivity contribution in [3.63, 3.8) is 0 Å². The van der Waals surface area contributed by atoms with Crippen molar-refractivity contribution < 1.29 is 9.90 Å². The number of amides is 1. The third-order valence-electron chi connectivity index (χ3n) is 5.17. The number of aliphatic hydroxyl groups excluding tert-OH is 1. The van der Waals surface area contributed by atoms with Crippen molar-refractivity contribution in [3.05, 3.63) is 29.7 Å². The van der Waals surface area contributed by atoms with Crippen LogP contribution in [0.3, 0.4) is 0 Å². The van der Waals surface area contributed by atoms with Gasteiger partial charge in [-0.15, -0.1) is 0 Å². The molecule has 1 N–H and O–H groups in total. The molecule has 1 amide bonds. The van der Waals surface area contributed by atoms with Gasteiger partial charge in [0.2, 0.25) is 0 Å². The molecule has 0 unspecified atom stereocenters. The molecule has 0 saturated carbocycles. The lowest BCUT2D eigenvalue weighted by Crippen LogP contribution is -2.62. The summed E-state index contributed by atoms with van der Waals surface area (Å²) >= 11 is 0. The Morgan fingerprint density at radius 2 is 2.12 bits per heavy atom. The summed E-state index contributed by atoms with van der Waals surface area (Å²) < 4.78 is 1.63. The van der Waals surface area contributed by atoms with Crippen LogP contribution in [-0.4, -0.2) is 99.3 Å². The summed E-state index contributed by atoms with van der Waals surface area (Å²) in [6.45, 7) is 5.67. The van der Waals surface area contributed by atoms with Crippen molar-refractivity contribution in [1.29, 1.82) is 0 Å². The predicted molar refractivity (Wildman–Crippen MR) is 92.5 cm³/mol. The van der Waals surface area contributed by atoms with Crippen molar-refractivity contribution in [2.45, 2.75) is 12.5 Å². The number of aliphatic hydroxyl groups is 1. The Labute approximate surface area is 146 Å². The van der Waals surface area contributed by atoms with Crippen LogP contribution in [-0.2, 0) is 6.42 Å². The van der Waals surface area contributed by atoms with Crippen LogP contribution in [0.5, 0.6) is 0 Å². The largest absolute Gasteiger partial charge is 0.396 e. The zero-order valence-corrected chi connectivity index (χ0v) is 14.5. The maximum absolute atomic E-state index is 12.9. The number of carbonyl (C=O) groups is 1. The average Bonchev–Trinajstić information content (AvgIpc) is 3.04. The number of hydrogen-bond donors (Lipinski definition) is 1. The molecule has 4 heterocycles. The molecule has 2 aliphatic heterocycles. The van der Waals surface area contributed by atoms with Crippen molar-refractivity contribution in [2.75, 3.05) is 52.9 Å². The minimum Gasteiger partial charge on any atom is -0.396 e. The predicted octanol–water partition coefficient (Wildman–Crippen LogP) is -0.664. The highest BCUT2D eigenvalue weighted by atomic mass is 16.3. The van der Waals surface area contributed by atoms with E-state index in [1.807, 2.05) is 11.1 Å². The minimum absolute atomic E-state index is 0.0258. The molecule has 0 aromatic carbocycles.